The summed E-state index contributed by atoms with van der Waals surface area (Å²) in [5, 5.41) is 15.0. The van der Waals surface area contributed by atoms with Crippen molar-refractivity contribution < 1.29 is 24.2 Å². The highest BCUT2D eigenvalue weighted by atomic mass is 16.5. The van der Waals surface area contributed by atoms with Crippen molar-refractivity contribution in [3.8, 4) is 11.1 Å². The van der Waals surface area contributed by atoms with Gasteiger partial charge in [0, 0.05) is 24.9 Å². The summed E-state index contributed by atoms with van der Waals surface area (Å²) < 4.78 is 5.61. The van der Waals surface area contributed by atoms with Crippen LogP contribution >= 0.6 is 0 Å². The fraction of sp³-hybridized carbons (Fsp3) is 0.464. The van der Waals surface area contributed by atoms with E-state index in [0.717, 1.165) is 32.1 Å². The van der Waals surface area contributed by atoms with E-state index in [1.165, 1.54) is 22.3 Å². The number of hydrogen-bond donors (Lipinski definition) is 3. The number of nitrogens with one attached hydrogen (secondary N) is 2. The van der Waals surface area contributed by atoms with Crippen LogP contribution in [0.5, 0.6) is 0 Å². The van der Waals surface area contributed by atoms with Crippen LogP contribution in [0.3, 0.4) is 0 Å². The first kappa shape index (κ1) is 23.4. The minimum absolute atomic E-state index is 0.0217. The standard InChI is InChI=1S/C28H32N2O5/c31-25(29-17-28(10-5-11-28)15-26(32)33)14-18-12-19(13-18)30-27(34)35-16-24-22-8-3-1-6-20(22)21-7-2-4-9-23(21)24/h1-4,6-9,18-19,24H,5,10-17H2,(H,29,31)(H,30,34)(H,32,33). The molecule has 35 heavy (non-hydrogen) atoms. The van der Waals surface area contributed by atoms with Crippen molar-refractivity contribution in [2.24, 2.45) is 11.3 Å². The predicted octanol–water partition coefficient (Wildman–Crippen LogP) is 4.46. The quantitative estimate of drug-likeness (QED) is 0.496. The van der Waals surface area contributed by atoms with Crippen molar-refractivity contribution in [1.82, 2.24) is 10.6 Å². The zero-order valence-corrected chi connectivity index (χ0v) is 19.8. The zero-order valence-electron chi connectivity index (χ0n) is 19.8. The Bertz CT molecular complexity index is 1070. The highest BCUT2D eigenvalue weighted by Gasteiger charge is 2.40. The van der Waals surface area contributed by atoms with E-state index < -0.39 is 12.1 Å². The second-order valence-electron chi connectivity index (χ2n) is 10.4. The molecule has 0 bridgehead atoms. The Morgan fingerprint density at radius 1 is 0.971 bits per heavy atom. The number of benzene rings is 2. The Balaban J connectivity index is 1.03. The molecule has 7 heteroatoms. The van der Waals surface area contributed by atoms with Crippen LogP contribution in [0.4, 0.5) is 4.79 Å². The molecule has 0 saturated heterocycles. The number of aliphatic carboxylic acids is 1. The molecule has 0 heterocycles. The molecule has 2 saturated carbocycles. The lowest BCUT2D eigenvalue weighted by atomic mass is 9.66. The molecule has 7 nitrogen and oxygen atoms in total. The van der Waals surface area contributed by atoms with Crippen molar-refractivity contribution in [2.75, 3.05) is 13.2 Å². The summed E-state index contributed by atoms with van der Waals surface area (Å²) in [5.74, 6) is -0.580. The number of carboxylic acid groups (broad SMARTS) is 1. The number of carbonyl (C=O) groups excluding carboxylic acids is 2. The SMILES string of the molecule is O=C(O)CC1(CNC(=O)CC2CC(NC(=O)OCC3c4ccccc4-c4ccccc43)C2)CCC1. The normalized spacial score (nSPS) is 21.6. The predicted molar refractivity (Wildman–Crippen MR) is 131 cm³/mol. The van der Waals surface area contributed by atoms with Crippen molar-refractivity contribution in [2.45, 2.75) is 56.9 Å². The first-order valence-electron chi connectivity index (χ1n) is 12.5. The van der Waals surface area contributed by atoms with E-state index in [1.54, 1.807) is 0 Å². The summed E-state index contributed by atoms with van der Waals surface area (Å²) in [4.78, 5) is 35.8. The second kappa shape index (κ2) is 9.72. The van der Waals surface area contributed by atoms with Gasteiger partial charge in [0.15, 0.2) is 0 Å². The summed E-state index contributed by atoms with van der Waals surface area (Å²) in [7, 11) is 0. The van der Waals surface area contributed by atoms with E-state index in [1.807, 2.05) is 24.3 Å². The van der Waals surface area contributed by atoms with Crippen LogP contribution in [0.2, 0.25) is 0 Å². The van der Waals surface area contributed by atoms with Gasteiger partial charge < -0.3 is 20.5 Å². The van der Waals surface area contributed by atoms with Gasteiger partial charge >= 0.3 is 12.1 Å². The molecule has 3 aliphatic carbocycles. The summed E-state index contributed by atoms with van der Waals surface area (Å²) >= 11 is 0. The van der Waals surface area contributed by atoms with Crippen molar-refractivity contribution in [1.29, 1.82) is 0 Å². The number of hydrogen-bond acceptors (Lipinski definition) is 4. The maximum atomic E-state index is 12.4. The van der Waals surface area contributed by atoms with E-state index in [9.17, 15) is 14.4 Å². The van der Waals surface area contributed by atoms with Gasteiger partial charge in [0.05, 0.1) is 6.42 Å². The van der Waals surface area contributed by atoms with Crippen LogP contribution in [0.15, 0.2) is 48.5 Å². The minimum atomic E-state index is -0.805. The summed E-state index contributed by atoms with van der Waals surface area (Å²) in [5.41, 5.74) is 4.49. The van der Waals surface area contributed by atoms with Crippen LogP contribution in [0, 0.1) is 11.3 Å². The molecular weight excluding hydrogens is 444 g/mol. The molecule has 2 amide bonds. The highest BCUT2D eigenvalue weighted by molar-refractivity contribution is 5.79. The Labute approximate surface area is 205 Å². The Morgan fingerprint density at radius 3 is 2.17 bits per heavy atom. The molecule has 0 radical (unpaired) electrons. The zero-order chi connectivity index (χ0) is 24.4. The first-order valence-corrected chi connectivity index (χ1v) is 12.5. The minimum Gasteiger partial charge on any atom is -0.481 e. The molecule has 0 aromatic heterocycles. The summed E-state index contributed by atoms with van der Waals surface area (Å²) in [6.07, 6.45) is 4.34. The molecule has 0 unspecified atom stereocenters. The lowest BCUT2D eigenvalue weighted by Crippen LogP contribution is -2.47. The van der Waals surface area contributed by atoms with E-state index in [-0.39, 0.29) is 42.2 Å². The number of ether oxygens (including phenoxy) is 1. The molecule has 3 aliphatic rings. The number of fused-ring (bicyclic) bond motifs is 3. The number of alkyl carbamates (subject to hydrolysis) is 1. The molecule has 2 aromatic carbocycles. The van der Waals surface area contributed by atoms with Gasteiger partial charge in [-0.15, -0.1) is 0 Å². The Kier molecular flexibility index (Phi) is 6.50. The molecule has 5 rings (SSSR count). The molecule has 184 valence electrons. The van der Waals surface area contributed by atoms with E-state index in [0.29, 0.717) is 13.0 Å². The topological polar surface area (TPSA) is 105 Å². The van der Waals surface area contributed by atoms with Crippen molar-refractivity contribution >= 4 is 18.0 Å². The number of carboxylic acids is 1. The largest absolute Gasteiger partial charge is 0.481 e. The molecular formula is C28H32N2O5. The van der Waals surface area contributed by atoms with Gasteiger partial charge in [-0.05, 0) is 59.3 Å². The highest BCUT2D eigenvalue weighted by Crippen LogP contribution is 2.45. The molecule has 0 spiro atoms. The van der Waals surface area contributed by atoms with Crippen LogP contribution in [0.1, 0.15) is 62.0 Å². The molecule has 3 N–H and O–H groups in total. The maximum Gasteiger partial charge on any atom is 0.407 e. The van der Waals surface area contributed by atoms with Gasteiger partial charge in [0.2, 0.25) is 5.91 Å². The van der Waals surface area contributed by atoms with E-state index in [2.05, 4.69) is 34.9 Å². The van der Waals surface area contributed by atoms with Crippen LogP contribution in [-0.2, 0) is 14.3 Å². The summed E-state index contributed by atoms with van der Waals surface area (Å²) in [6.45, 7) is 0.725. The fourth-order valence-electron chi connectivity index (χ4n) is 5.86. The monoisotopic (exact) mass is 476 g/mol. The van der Waals surface area contributed by atoms with Crippen molar-refractivity contribution in [3.05, 3.63) is 59.7 Å². The second-order valence-corrected chi connectivity index (χ2v) is 10.4. The van der Waals surface area contributed by atoms with E-state index >= 15 is 0 Å². The third kappa shape index (κ3) is 5.04. The van der Waals surface area contributed by atoms with Gasteiger partial charge in [0.1, 0.15) is 6.61 Å². The lowest BCUT2D eigenvalue weighted by molar-refractivity contribution is -0.142. The van der Waals surface area contributed by atoms with Crippen LogP contribution in [-0.4, -0.2) is 42.3 Å². The maximum absolute atomic E-state index is 12.4. The molecule has 0 atom stereocenters. The lowest BCUT2D eigenvalue weighted by Gasteiger charge is -2.41. The third-order valence-electron chi connectivity index (χ3n) is 7.98. The van der Waals surface area contributed by atoms with Gasteiger partial charge in [-0.3, -0.25) is 9.59 Å². The average Bonchev–Trinajstić information content (AvgIpc) is 3.11. The van der Waals surface area contributed by atoms with Crippen LogP contribution in [0.25, 0.3) is 11.1 Å². The van der Waals surface area contributed by atoms with Gasteiger partial charge in [-0.1, -0.05) is 55.0 Å². The molecule has 0 aliphatic heterocycles. The third-order valence-corrected chi connectivity index (χ3v) is 7.98. The fourth-order valence-corrected chi connectivity index (χ4v) is 5.86. The Morgan fingerprint density at radius 2 is 1.60 bits per heavy atom. The van der Waals surface area contributed by atoms with Gasteiger partial charge in [-0.2, -0.15) is 0 Å². The first-order chi connectivity index (χ1) is 16.9. The average molecular weight is 477 g/mol. The number of amides is 2. The molecule has 2 aromatic rings. The number of carbonyl (C=O) groups is 3. The van der Waals surface area contributed by atoms with Crippen molar-refractivity contribution in [3.63, 3.8) is 0 Å². The van der Waals surface area contributed by atoms with E-state index in [4.69, 9.17) is 9.84 Å². The Hall–Kier alpha value is -3.35. The molecule has 2 fully saturated rings. The van der Waals surface area contributed by atoms with Crippen LogP contribution < -0.4 is 10.6 Å². The summed E-state index contributed by atoms with van der Waals surface area (Å²) in [6, 6.07) is 16.5. The van der Waals surface area contributed by atoms with Gasteiger partial charge in [-0.25, -0.2) is 4.79 Å². The smallest absolute Gasteiger partial charge is 0.407 e. The van der Waals surface area contributed by atoms with Gasteiger partial charge in [0.25, 0.3) is 0 Å². The number of rotatable bonds is 9.